The monoisotopic (exact) mass is 287 g/mol. The third-order valence-corrected chi connectivity index (χ3v) is 3.51. The highest BCUT2D eigenvalue weighted by Gasteiger charge is 2.21. The van der Waals surface area contributed by atoms with Crippen LogP contribution in [0.1, 0.15) is 40.2 Å². The number of methoxy groups -OCH3 is 1. The van der Waals surface area contributed by atoms with Crippen molar-refractivity contribution in [1.29, 1.82) is 0 Å². The number of rotatable bonds is 2. The summed E-state index contributed by atoms with van der Waals surface area (Å²) in [6.07, 6.45) is 2.02. The molecule has 3 nitrogen and oxygen atoms in total. The summed E-state index contributed by atoms with van der Waals surface area (Å²) in [4.78, 5) is 11.5. The van der Waals surface area contributed by atoms with E-state index >= 15 is 0 Å². The molecule has 0 saturated carbocycles. The second-order valence-electron chi connectivity index (χ2n) is 4.71. The summed E-state index contributed by atoms with van der Waals surface area (Å²) in [5.41, 5.74) is 1.68. The maximum atomic E-state index is 14.0. The Kier molecular flexibility index (Phi) is 5.76. The lowest BCUT2D eigenvalue weighted by molar-refractivity contribution is 0.0594. The molecular formula is C14H19ClFNO2. The topological polar surface area (TPSA) is 38.3 Å². The summed E-state index contributed by atoms with van der Waals surface area (Å²) in [7, 11) is 1.27. The highest BCUT2D eigenvalue weighted by atomic mass is 35.5. The van der Waals surface area contributed by atoms with Gasteiger partial charge in [0.15, 0.2) is 0 Å². The summed E-state index contributed by atoms with van der Waals surface area (Å²) < 4.78 is 18.6. The average molecular weight is 288 g/mol. The number of halogens is 2. The smallest absolute Gasteiger partial charge is 0.341 e. The Morgan fingerprint density at radius 3 is 2.53 bits per heavy atom. The molecule has 1 heterocycles. The Morgan fingerprint density at radius 2 is 2.00 bits per heavy atom. The fourth-order valence-corrected chi connectivity index (χ4v) is 2.52. The van der Waals surface area contributed by atoms with Gasteiger partial charge in [-0.2, -0.15) is 0 Å². The quantitative estimate of drug-likeness (QED) is 0.850. The Morgan fingerprint density at radius 1 is 1.37 bits per heavy atom. The van der Waals surface area contributed by atoms with Crippen LogP contribution in [-0.4, -0.2) is 26.2 Å². The SMILES string of the molecule is COC(=O)c1c(C)cc(C2CCNCC2)cc1F.Cl. The molecule has 1 aliphatic heterocycles. The second kappa shape index (κ2) is 6.87. The van der Waals surface area contributed by atoms with Gasteiger partial charge in [0.05, 0.1) is 12.7 Å². The molecule has 0 aromatic heterocycles. The molecule has 0 radical (unpaired) electrons. The number of benzene rings is 1. The lowest BCUT2D eigenvalue weighted by atomic mass is 9.88. The van der Waals surface area contributed by atoms with E-state index in [0.29, 0.717) is 11.5 Å². The van der Waals surface area contributed by atoms with Crippen LogP contribution in [0.25, 0.3) is 0 Å². The van der Waals surface area contributed by atoms with Crippen LogP contribution in [0.4, 0.5) is 4.39 Å². The Bertz CT molecular complexity index is 436. The van der Waals surface area contributed by atoms with Crippen molar-refractivity contribution >= 4 is 18.4 Å². The molecule has 5 heteroatoms. The predicted molar refractivity (Wildman–Crippen MR) is 74.6 cm³/mol. The Labute approximate surface area is 118 Å². The zero-order valence-corrected chi connectivity index (χ0v) is 12.0. The van der Waals surface area contributed by atoms with Gasteiger partial charge in [0.1, 0.15) is 5.82 Å². The third-order valence-electron chi connectivity index (χ3n) is 3.51. The standard InChI is InChI=1S/C14H18FNO2.ClH/c1-9-7-11(10-3-5-16-6-4-10)8-12(15)13(9)14(17)18-2;/h7-8,10,16H,3-6H2,1-2H3;1H. The summed E-state index contributed by atoms with van der Waals surface area (Å²) in [5.74, 6) is -0.705. The molecule has 1 aliphatic rings. The van der Waals surface area contributed by atoms with Gasteiger partial charge < -0.3 is 10.1 Å². The van der Waals surface area contributed by atoms with Crippen molar-refractivity contribution in [3.05, 3.63) is 34.6 Å². The van der Waals surface area contributed by atoms with E-state index in [1.165, 1.54) is 13.2 Å². The maximum Gasteiger partial charge on any atom is 0.341 e. The van der Waals surface area contributed by atoms with E-state index in [-0.39, 0.29) is 18.0 Å². The first-order valence-electron chi connectivity index (χ1n) is 6.22. The average Bonchev–Trinajstić information content (AvgIpc) is 2.38. The van der Waals surface area contributed by atoms with E-state index in [4.69, 9.17) is 0 Å². The lowest BCUT2D eigenvalue weighted by Crippen LogP contribution is -2.26. The zero-order valence-electron chi connectivity index (χ0n) is 11.2. The number of esters is 1. The normalized spacial score (nSPS) is 15.7. The van der Waals surface area contributed by atoms with Crippen LogP contribution < -0.4 is 5.32 Å². The molecular weight excluding hydrogens is 269 g/mol. The minimum absolute atomic E-state index is 0. The van der Waals surface area contributed by atoms with Crippen LogP contribution in [0.2, 0.25) is 0 Å². The van der Waals surface area contributed by atoms with E-state index in [1.54, 1.807) is 6.92 Å². The lowest BCUT2D eigenvalue weighted by Gasteiger charge is -2.23. The van der Waals surface area contributed by atoms with Crippen LogP contribution in [0, 0.1) is 12.7 Å². The number of hydrogen-bond donors (Lipinski definition) is 1. The van der Waals surface area contributed by atoms with Crippen LogP contribution >= 0.6 is 12.4 Å². The molecule has 0 amide bonds. The fourth-order valence-electron chi connectivity index (χ4n) is 2.52. The molecule has 1 aromatic rings. The van der Waals surface area contributed by atoms with Crippen molar-refractivity contribution in [2.75, 3.05) is 20.2 Å². The van der Waals surface area contributed by atoms with E-state index in [9.17, 15) is 9.18 Å². The first kappa shape index (κ1) is 15.9. The van der Waals surface area contributed by atoms with Crippen LogP contribution in [-0.2, 0) is 4.74 Å². The van der Waals surface area contributed by atoms with Gasteiger partial charge in [0.2, 0.25) is 0 Å². The summed E-state index contributed by atoms with van der Waals surface area (Å²) >= 11 is 0. The van der Waals surface area contributed by atoms with Crippen molar-refractivity contribution in [1.82, 2.24) is 5.32 Å². The van der Waals surface area contributed by atoms with Crippen molar-refractivity contribution in [3.8, 4) is 0 Å². The van der Waals surface area contributed by atoms with Gasteiger partial charge in [-0.3, -0.25) is 0 Å². The molecule has 0 aliphatic carbocycles. The van der Waals surface area contributed by atoms with E-state index in [1.807, 2.05) is 6.07 Å². The van der Waals surface area contributed by atoms with E-state index < -0.39 is 11.8 Å². The third kappa shape index (κ3) is 3.45. The van der Waals surface area contributed by atoms with Gasteiger partial charge in [-0.15, -0.1) is 12.4 Å². The second-order valence-corrected chi connectivity index (χ2v) is 4.71. The number of nitrogens with one attached hydrogen (secondary N) is 1. The number of hydrogen-bond acceptors (Lipinski definition) is 3. The minimum Gasteiger partial charge on any atom is -0.465 e. The predicted octanol–water partition coefficient (Wildman–Crippen LogP) is 2.81. The van der Waals surface area contributed by atoms with Crippen molar-refractivity contribution < 1.29 is 13.9 Å². The van der Waals surface area contributed by atoms with Crippen LogP contribution in [0.5, 0.6) is 0 Å². The van der Waals surface area contributed by atoms with Gasteiger partial charge in [-0.25, -0.2) is 9.18 Å². The molecule has 2 rings (SSSR count). The maximum absolute atomic E-state index is 14.0. The number of carbonyl (C=O) groups is 1. The molecule has 1 fully saturated rings. The molecule has 0 spiro atoms. The molecule has 1 N–H and O–H groups in total. The first-order valence-corrected chi connectivity index (χ1v) is 6.22. The molecule has 0 unspecified atom stereocenters. The molecule has 106 valence electrons. The highest BCUT2D eigenvalue weighted by molar-refractivity contribution is 5.91. The van der Waals surface area contributed by atoms with Gasteiger partial charge >= 0.3 is 5.97 Å². The van der Waals surface area contributed by atoms with Crippen molar-refractivity contribution in [2.24, 2.45) is 0 Å². The van der Waals surface area contributed by atoms with E-state index in [2.05, 4.69) is 10.1 Å². The number of carbonyl (C=O) groups excluding carboxylic acids is 1. The number of ether oxygens (including phenoxy) is 1. The molecule has 0 bridgehead atoms. The fraction of sp³-hybridized carbons (Fsp3) is 0.500. The summed E-state index contributed by atoms with van der Waals surface area (Å²) in [6.45, 7) is 3.67. The van der Waals surface area contributed by atoms with Gasteiger partial charge in [0.25, 0.3) is 0 Å². The Balaban J connectivity index is 0.00000180. The zero-order chi connectivity index (χ0) is 13.1. The summed E-state index contributed by atoms with van der Waals surface area (Å²) in [5, 5.41) is 3.28. The Hall–Kier alpha value is -1.13. The van der Waals surface area contributed by atoms with Crippen LogP contribution in [0.15, 0.2) is 12.1 Å². The van der Waals surface area contributed by atoms with Crippen molar-refractivity contribution in [2.45, 2.75) is 25.7 Å². The van der Waals surface area contributed by atoms with Gasteiger partial charge in [0, 0.05) is 0 Å². The minimum atomic E-state index is -0.609. The number of aryl methyl sites for hydroxylation is 1. The van der Waals surface area contributed by atoms with Crippen molar-refractivity contribution in [3.63, 3.8) is 0 Å². The highest BCUT2D eigenvalue weighted by Crippen LogP contribution is 2.28. The largest absolute Gasteiger partial charge is 0.465 e. The molecule has 0 atom stereocenters. The molecule has 1 aromatic carbocycles. The van der Waals surface area contributed by atoms with Gasteiger partial charge in [-0.05, 0) is 56.0 Å². The van der Waals surface area contributed by atoms with E-state index in [0.717, 1.165) is 31.5 Å². The summed E-state index contributed by atoms with van der Waals surface area (Å²) in [6, 6.07) is 3.39. The number of piperidine rings is 1. The van der Waals surface area contributed by atoms with Crippen LogP contribution in [0.3, 0.4) is 0 Å². The molecule has 19 heavy (non-hydrogen) atoms. The van der Waals surface area contributed by atoms with Gasteiger partial charge in [-0.1, -0.05) is 6.07 Å². The molecule has 1 saturated heterocycles. The first-order chi connectivity index (χ1) is 8.63.